The molecule has 3 nitrogen and oxygen atoms in total. The molecule has 2 aromatic carbocycles. The predicted molar refractivity (Wildman–Crippen MR) is 101 cm³/mol. The smallest absolute Gasteiger partial charge is 0.0681 e. The predicted octanol–water partition coefficient (Wildman–Crippen LogP) is 3.76. The first-order valence-corrected chi connectivity index (χ1v) is 9.86. The van der Waals surface area contributed by atoms with Crippen LogP contribution in [0.15, 0.2) is 53.4 Å². The van der Waals surface area contributed by atoms with Crippen molar-refractivity contribution in [3.8, 4) is 11.1 Å². The quantitative estimate of drug-likeness (QED) is 0.831. The van der Waals surface area contributed by atoms with Crippen molar-refractivity contribution in [2.75, 3.05) is 0 Å². The molecule has 0 heterocycles. The molecule has 0 aliphatic heterocycles. The standard InChI is InChI=1S/C20H25NO2S/c1-20(2,3)21-24(23,17-12-13-17)19-7-5-4-6-18(19)16-10-8-15(14-22)9-11-16/h4-11,22H,12-14H2,1-3H3,(H,21,23). The van der Waals surface area contributed by atoms with Gasteiger partial charge in [0.2, 0.25) is 0 Å². The Bertz CT molecular complexity index is 848. The van der Waals surface area contributed by atoms with Crippen LogP contribution in [0.4, 0.5) is 0 Å². The van der Waals surface area contributed by atoms with E-state index in [1.165, 1.54) is 0 Å². The van der Waals surface area contributed by atoms with Gasteiger partial charge in [0, 0.05) is 10.4 Å². The van der Waals surface area contributed by atoms with Crippen molar-refractivity contribution < 1.29 is 9.32 Å². The lowest BCUT2D eigenvalue weighted by atomic mass is 10.0. The van der Waals surface area contributed by atoms with E-state index in [2.05, 4.69) is 4.72 Å². The van der Waals surface area contributed by atoms with E-state index in [0.717, 1.165) is 39.3 Å². The lowest BCUT2D eigenvalue weighted by Crippen LogP contribution is -2.41. The fraction of sp³-hybridized carbons (Fsp3) is 0.350. The number of hydrogen-bond acceptors (Lipinski definition) is 2. The summed E-state index contributed by atoms with van der Waals surface area (Å²) in [6.45, 7) is 6.18. The SMILES string of the molecule is CC(C)(C)NS(=O)(=C1CC1)c1ccccc1-c1ccc(CO)cc1. The average Bonchev–Trinajstić information content (AvgIpc) is 3.39. The maximum Gasteiger partial charge on any atom is 0.0681 e. The van der Waals surface area contributed by atoms with Gasteiger partial charge in [-0.2, -0.15) is 0 Å². The number of aliphatic hydroxyl groups is 1. The molecule has 1 saturated carbocycles. The van der Waals surface area contributed by atoms with Crippen molar-refractivity contribution in [3.63, 3.8) is 0 Å². The Morgan fingerprint density at radius 3 is 2.21 bits per heavy atom. The van der Waals surface area contributed by atoms with Crippen LogP contribution >= 0.6 is 0 Å². The van der Waals surface area contributed by atoms with Gasteiger partial charge in [-0.1, -0.05) is 42.5 Å². The van der Waals surface area contributed by atoms with Crippen LogP contribution in [-0.4, -0.2) is 19.7 Å². The molecule has 0 saturated heterocycles. The Kier molecular flexibility index (Phi) is 4.56. The van der Waals surface area contributed by atoms with E-state index in [4.69, 9.17) is 0 Å². The first-order valence-electron chi connectivity index (χ1n) is 8.30. The van der Waals surface area contributed by atoms with E-state index in [0.29, 0.717) is 0 Å². The molecule has 24 heavy (non-hydrogen) atoms. The van der Waals surface area contributed by atoms with Crippen LogP contribution < -0.4 is 4.72 Å². The van der Waals surface area contributed by atoms with E-state index in [-0.39, 0.29) is 12.1 Å². The van der Waals surface area contributed by atoms with Crippen molar-refractivity contribution in [2.45, 2.75) is 50.7 Å². The minimum absolute atomic E-state index is 0.0299. The highest BCUT2D eigenvalue weighted by Crippen LogP contribution is 2.33. The van der Waals surface area contributed by atoms with Crippen molar-refractivity contribution in [1.82, 2.24) is 4.72 Å². The minimum atomic E-state index is -2.41. The van der Waals surface area contributed by atoms with Crippen LogP contribution in [0.5, 0.6) is 0 Å². The summed E-state index contributed by atoms with van der Waals surface area (Å²) >= 11 is 0. The molecule has 0 amide bonds. The van der Waals surface area contributed by atoms with Crippen molar-refractivity contribution in [3.05, 3.63) is 54.1 Å². The van der Waals surface area contributed by atoms with Crippen LogP contribution in [0.25, 0.3) is 11.1 Å². The summed E-state index contributed by atoms with van der Waals surface area (Å²) in [5.41, 5.74) is 2.65. The first-order chi connectivity index (χ1) is 11.3. The van der Waals surface area contributed by atoms with E-state index in [1.54, 1.807) is 0 Å². The van der Waals surface area contributed by atoms with E-state index >= 15 is 0 Å². The van der Waals surface area contributed by atoms with Gasteiger partial charge in [-0.25, -0.2) is 8.93 Å². The lowest BCUT2D eigenvalue weighted by molar-refractivity contribution is 0.282. The summed E-state index contributed by atoms with van der Waals surface area (Å²) in [6, 6.07) is 15.7. The third-order valence-electron chi connectivity index (χ3n) is 3.95. The highest BCUT2D eigenvalue weighted by molar-refractivity contribution is 8.01. The summed E-state index contributed by atoms with van der Waals surface area (Å²) in [5.74, 6) is 0. The molecule has 128 valence electrons. The lowest BCUT2D eigenvalue weighted by Gasteiger charge is -2.26. The van der Waals surface area contributed by atoms with Crippen LogP contribution in [0.2, 0.25) is 0 Å². The zero-order chi connectivity index (χ0) is 17.4. The van der Waals surface area contributed by atoms with Crippen molar-refractivity contribution >= 4 is 14.6 Å². The molecule has 3 rings (SSSR count). The van der Waals surface area contributed by atoms with E-state index < -0.39 is 9.71 Å². The highest BCUT2D eigenvalue weighted by Gasteiger charge is 2.30. The van der Waals surface area contributed by atoms with Gasteiger partial charge in [-0.3, -0.25) is 0 Å². The molecule has 0 bridgehead atoms. The van der Waals surface area contributed by atoms with Crippen LogP contribution in [0.3, 0.4) is 0 Å². The molecule has 2 N–H and O–H groups in total. The van der Waals surface area contributed by atoms with Gasteiger partial charge in [-0.05, 0) is 56.4 Å². The molecule has 4 heteroatoms. The molecule has 0 spiro atoms. The number of aliphatic hydroxyl groups excluding tert-OH is 1. The fourth-order valence-electron chi connectivity index (χ4n) is 2.80. The molecular weight excluding hydrogens is 318 g/mol. The first kappa shape index (κ1) is 17.2. The van der Waals surface area contributed by atoms with Gasteiger partial charge in [0.25, 0.3) is 0 Å². The van der Waals surface area contributed by atoms with Crippen molar-refractivity contribution in [2.24, 2.45) is 0 Å². The van der Waals surface area contributed by atoms with Gasteiger partial charge in [0.1, 0.15) is 0 Å². The summed E-state index contributed by atoms with van der Waals surface area (Å²) in [5, 5.41) is 9.23. The highest BCUT2D eigenvalue weighted by atomic mass is 32.2. The maximum atomic E-state index is 13.9. The Morgan fingerprint density at radius 1 is 1.04 bits per heavy atom. The second-order valence-electron chi connectivity index (χ2n) is 7.30. The topological polar surface area (TPSA) is 49.3 Å². The van der Waals surface area contributed by atoms with Gasteiger partial charge in [-0.15, -0.1) is 0 Å². The molecule has 1 atom stereocenters. The number of nitrogens with one attached hydrogen (secondary N) is 1. The number of rotatable bonds is 4. The van der Waals surface area contributed by atoms with Gasteiger partial charge < -0.3 is 5.11 Å². The molecule has 1 aliphatic rings. The molecule has 1 unspecified atom stereocenters. The molecule has 0 aromatic heterocycles. The summed E-state index contributed by atoms with van der Waals surface area (Å²) in [4.78, 5) is 1.97. The minimum Gasteiger partial charge on any atom is -0.392 e. The normalized spacial score (nSPS) is 16.8. The summed E-state index contributed by atoms with van der Waals surface area (Å²) < 4.78 is 17.3. The summed E-state index contributed by atoms with van der Waals surface area (Å²) in [6.07, 6.45) is 1.86. The Hall–Kier alpha value is -1.62. The number of benzene rings is 2. The van der Waals surface area contributed by atoms with E-state index in [1.807, 2.05) is 69.3 Å². The third kappa shape index (κ3) is 3.56. The summed E-state index contributed by atoms with van der Waals surface area (Å²) in [7, 11) is -2.41. The fourth-order valence-corrected chi connectivity index (χ4v) is 5.67. The zero-order valence-corrected chi connectivity index (χ0v) is 15.3. The Balaban J connectivity index is 2.15. The molecule has 1 fully saturated rings. The molecule has 0 radical (unpaired) electrons. The van der Waals surface area contributed by atoms with Crippen molar-refractivity contribution in [1.29, 1.82) is 0 Å². The van der Waals surface area contributed by atoms with Crippen LogP contribution in [0, 0.1) is 0 Å². The van der Waals surface area contributed by atoms with Crippen LogP contribution in [-0.2, 0) is 16.3 Å². The molecular formula is C20H25NO2S. The Morgan fingerprint density at radius 2 is 1.67 bits per heavy atom. The third-order valence-corrected chi connectivity index (χ3v) is 7.05. The maximum absolute atomic E-state index is 13.9. The number of hydrogen-bond donors (Lipinski definition) is 2. The van der Waals surface area contributed by atoms with Gasteiger partial charge >= 0.3 is 0 Å². The largest absolute Gasteiger partial charge is 0.392 e. The Labute approximate surface area is 144 Å². The van der Waals surface area contributed by atoms with E-state index in [9.17, 15) is 9.32 Å². The van der Waals surface area contributed by atoms with Gasteiger partial charge in [0.05, 0.1) is 21.2 Å². The average molecular weight is 343 g/mol. The van der Waals surface area contributed by atoms with Crippen LogP contribution in [0.1, 0.15) is 39.2 Å². The second-order valence-corrected chi connectivity index (χ2v) is 9.63. The molecule has 1 aliphatic carbocycles. The second kappa shape index (κ2) is 6.36. The van der Waals surface area contributed by atoms with Gasteiger partial charge in [0.15, 0.2) is 0 Å². The monoisotopic (exact) mass is 343 g/mol. The zero-order valence-electron chi connectivity index (χ0n) is 14.5. The molecule has 2 aromatic rings.